The van der Waals surface area contributed by atoms with Gasteiger partial charge in [0.2, 0.25) is 0 Å². The lowest BCUT2D eigenvalue weighted by Crippen LogP contribution is -2.33. The lowest BCUT2D eigenvalue weighted by molar-refractivity contribution is 0.0697. The summed E-state index contributed by atoms with van der Waals surface area (Å²) in [5, 5.41) is 11.7. The average Bonchev–Trinajstić information content (AvgIpc) is 2.69. The van der Waals surface area contributed by atoms with Crippen LogP contribution in [0.5, 0.6) is 0 Å². The molecule has 29 heavy (non-hydrogen) atoms. The topological polar surface area (TPSA) is 37.3 Å². The lowest BCUT2D eigenvalue weighted by atomic mass is 9.63. The number of aromatic carboxylic acids is 1. The Balaban J connectivity index is 1.77. The zero-order valence-corrected chi connectivity index (χ0v) is 17.6. The van der Waals surface area contributed by atoms with Crippen LogP contribution in [0.3, 0.4) is 0 Å². The van der Waals surface area contributed by atoms with Crippen LogP contribution in [-0.2, 0) is 10.8 Å². The van der Waals surface area contributed by atoms with Gasteiger partial charge in [0.1, 0.15) is 0 Å². The van der Waals surface area contributed by atoms with Crippen LogP contribution in [0.2, 0.25) is 0 Å². The predicted octanol–water partition coefficient (Wildman–Crippen LogP) is 7.06. The highest BCUT2D eigenvalue weighted by Crippen LogP contribution is 2.46. The van der Waals surface area contributed by atoms with Gasteiger partial charge in [-0.3, -0.25) is 0 Å². The second-order valence-corrected chi connectivity index (χ2v) is 9.50. The van der Waals surface area contributed by atoms with Gasteiger partial charge in [-0.15, -0.1) is 0 Å². The molecule has 2 nitrogen and oxygen atoms in total. The zero-order chi connectivity index (χ0) is 20.8. The van der Waals surface area contributed by atoms with E-state index in [2.05, 4.69) is 45.9 Å². The number of benzene rings is 3. The molecule has 1 aliphatic rings. The van der Waals surface area contributed by atoms with E-state index in [1.807, 2.05) is 42.5 Å². The summed E-state index contributed by atoms with van der Waals surface area (Å²) < 4.78 is 0. The number of carboxylic acid groups (broad SMARTS) is 1. The first-order valence-electron chi connectivity index (χ1n) is 10.3. The summed E-state index contributed by atoms with van der Waals surface area (Å²) in [5.74, 6) is -0.899. The second-order valence-electron chi connectivity index (χ2n) is 9.50. The number of hydrogen-bond donors (Lipinski definition) is 1. The van der Waals surface area contributed by atoms with Gasteiger partial charge in [-0.2, -0.15) is 0 Å². The molecule has 0 aliphatic heterocycles. The largest absolute Gasteiger partial charge is 0.478 e. The minimum absolute atomic E-state index is 0.157. The Morgan fingerprint density at radius 1 is 0.828 bits per heavy atom. The smallest absolute Gasteiger partial charge is 0.336 e. The molecule has 0 aromatic heterocycles. The fourth-order valence-electron chi connectivity index (χ4n) is 4.48. The standard InChI is InChI=1S/C27H28O2/c1-26(2)13-14-27(3,4)24-15-18(10-12-23(24)26)9-11-21-16-19-7-5-6-8-20(19)17-22(21)25(28)29/h5-12,15-17H,13-14H2,1-4H3,(H,28,29)/b11-9+. The summed E-state index contributed by atoms with van der Waals surface area (Å²) in [4.78, 5) is 11.8. The minimum Gasteiger partial charge on any atom is -0.478 e. The highest BCUT2D eigenvalue weighted by molar-refractivity contribution is 5.99. The Morgan fingerprint density at radius 2 is 1.45 bits per heavy atom. The number of carbonyl (C=O) groups is 1. The first-order chi connectivity index (χ1) is 13.7. The van der Waals surface area contributed by atoms with Gasteiger partial charge in [-0.25, -0.2) is 4.79 Å². The Bertz CT molecular complexity index is 1130. The Kier molecular flexibility index (Phi) is 4.61. The van der Waals surface area contributed by atoms with E-state index in [1.54, 1.807) is 6.07 Å². The fraction of sp³-hybridized carbons (Fsp3) is 0.296. The summed E-state index contributed by atoms with van der Waals surface area (Å²) in [6.07, 6.45) is 6.34. The van der Waals surface area contributed by atoms with Gasteiger partial charge < -0.3 is 5.11 Å². The second kappa shape index (κ2) is 6.88. The monoisotopic (exact) mass is 384 g/mol. The first-order valence-corrected chi connectivity index (χ1v) is 10.3. The van der Waals surface area contributed by atoms with E-state index in [9.17, 15) is 9.90 Å². The SMILES string of the molecule is CC1(C)CCC(C)(C)c2cc(/C=C/c3cc4ccccc4cc3C(=O)O)ccc21. The molecule has 3 aromatic carbocycles. The maximum Gasteiger partial charge on any atom is 0.336 e. The van der Waals surface area contributed by atoms with E-state index < -0.39 is 5.97 Å². The molecule has 0 fully saturated rings. The highest BCUT2D eigenvalue weighted by atomic mass is 16.4. The van der Waals surface area contributed by atoms with Gasteiger partial charge in [0.15, 0.2) is 0 Å². The van der Waals surface area contributed by atoms with Crippen LogP contribution in [0.1, 0.15) is 73.1 Å². The van der Waals surface area contributed by atoms with Crippen LogP contribution in [-0.4, -0.2) is 11.1 Å². The third-order valence-corrected chi connectivity index (χ3v) is 6.48. The van der Waals surface area contributed by atoms with Crippen LogP contribution >= 0.6 is 0 Å². The number of carboxylic acids is 1. The first kappa shape index (κ1) is 19.4. The number of rotatable bonds is 3. The van der Waals surface area contributed by atoms with Gasteiger partial charge in [-0.1, -0.05) is 82.3 Å². The summed E-state index contributed by atoms with van der Waals surface area (Å²) in [5.41, 5.74) is 5.37. The number of fused-ring (bicyclic) bond motifs is 2. The minimum atomic E-state index is -0.899. The summed E-state index contributed by atoms with van der Waals surface area (Å²) in [7, 11) is 0. The zero-order valence-electron chi connectivity index (χ0n) is 17.6. The van der Waals surface area contributed by atoms with Gasteiger partial charge in [-0.05, 0) is 68.8 Å². The molecule has 0 unspecified atom stereocenters. The van der Waals surface area contributed by atoms with E-state index >= 15 is 0 Å². The molecular formula is C27H28O2. The van der Waals surface area contributed by atoms with Crippen molar-refractivity contribution in [3.05, 3.63) is 82.4 Å². The summed E-state index contributed by atoms with van der Waals surface area (Å²) in [6.45, 7) is 9.29. The average molecular weight is 385 g/mol. The molecule has 3 aromatic rings. The third-order valence-electron chi connectivity index (χ3n) is 6.48. The van der Waals surface area contributed by atoms with E-state index in [0.29, 0.717) is 5.56 Å². The van der Waals surface area contributed by atoms with E-state index in [4.69, 9.17) is 0 Å². The van der Waals surface area contributed by atoms with Gasteiger partial charge >= 0.3 is 5.97 Å². The molecule has 0 spiro atoms. The predicted molar refractivity (Wildman–Crippen MR) is 122 cm³/mol. The quantitative estimate of drug-likeness (QED) is 0.491. The molecule has 0 atom stereocenters. The molecule has 0 bridgehead atoms. The van der Waals surface area contributed by atoms with E-state index in [1.165, 1.54) is 24.0 Å². The van der Waals surface area contributed by atoms with Crippen LogP contribution < -0.4 is 0 Å². The van der Waals surface area contributed by atoms with Crippen molar-refractivity contribution >= 4 is 28.9 Å². The molecule has 1 aliphatic carbocycles. The van der Waals surface area contributed by atoms with Crippen molar-refractivity contribution in [2.24, 2.45) is 0 Å². The normalized spacial score (nSPS) is 17.4. The fourth-order valence-corrected chi connectivity index (χ4v) is 4.48. The van der Waals surface area contributed by atoms with Crippen molar-refractivity contribution in [3.63, 3.8) is 0 Å². The van der Waals surface area contributed by atoms with Crippen molar-refractivity contribution in [1.82, 2.24) is 0 Å². The molecule has 4 rings (SSSR count). The Morgan fingerprint density at radius 3 is 2.10 bits per heavy atom. The molecule has 0 amide bonds. The maximum atomic E-state index is 11.8. The Labute approximate surface area is 172 Å². The van der Waals surface area contributed by atoms with Crippen LogP contribution in [0.25, 0.3) is 22.9 Å². The van der Waals surface area contributed by atoms with Crippen molar-refractivity contribution < 1.29 is 9.90 Å². The van der Waals surface area contributed by atoms with E-state index in [-0.39, 0.29) is 10.8 Å². The van der Waals surface area contributed by atoms with Gasteiger partial charge in [0.25, 0.3) is 0 Å². The van der Waals surface area contributed by atoms with Crippen LogP contribution in [0.15, 0.2) is 54.6 Å². The molecule has 0 radical (unpaired) electrons. The van der Waals surface area contributed by atoms with E-state index in [0.717, 1.165) is 21.9 Å². The highest BCUT2D eigenvalue weighted by Gasteiger charge is 2.36. The summed E-state index contributed by atoms with van der Waals surface area (Å²) in [6, 6.07) is 18.3. The van der Waals surface area contributed by atoms with Crippen molar-refractivity contribution in [2.75, 3.05) is 0 Å². The molecular weight excluding hydrogens is 356 g/mol. The summed E-state index contributed by atoms with van der Waals surface area (Å²) >= 11 is 0. The lowest BCUT2D eigenvalue weighted by Gasteiger charge is -2.42. The molecule has 2 heteroatoms. The number of hydrogen-bond acceptors (Lipinski definition) is 1. The van der Waals surface area contributed by atoms with Crippen molar-refractivity contribution in [3.8, 4) is 0 Å². The van der Waals surface area contributed by atoms with Crippen molar-refractivity contribution in [1.29, 1.82) is 0 Å². The Hall–Kier alpha value is -2.87. The van der Waals surface area contributed by atoms with Crippen LogP contribution in [0, 0.1) is 0 Å². The molecule has 0 saturated carbocycles. The van der Waals surface area contributed by atoms with Crippen molar-refractivity contribution in [2.45, 2.75) is 51.4 Å². The van der Waals surface area contributed by atoms with Gasteiger partial charge in [0, 0.05) is 0 Å². The molecule has 1 N–H and O–H groups in total. The van der Waals surface area contributed by atoms with Crippen LogP contribution in [0.4, 0.5) is 0 Å². The molecule has 0 saturated heterocycles. The molecule has 0 heterocycles. The maximum absolute atomic E-state index is 11.8. The molecule has 148 valence electrons. The van der Waals surface area contributed by atoms with Gasteiger partial charge in [0.05, 0.1) is 5.56 Å². The third kappa shape index (κ3) is 3.60.